The van der Waals surface area contributed by atoms with E-state index < -0.39 is 0 Å². The molecule has 0 unspecified atom stereocenters. The summed E-state index contributed by atoms with van der Waals surface area (Å²) in [5.74, 6) is 2.58. The molecule has 7 nitrogen and oxygen atoms in total. The molecule has 5 rings (SSSR count). The minimum Gasteiger partial charge on any atom is -0.381 e. The summed E-state index contributed by atoms with van der Waals surface area (Å²) in [5.41, 5.74) is 2.70. The Morgan fingerprint density at radius 1 is 1.00 bits per heavy atom. The van der Waals surface area contributed by atoms with E-state index in [2.05, 4.69) is 21.4 Å². The van der Waals surface area contributed by atoms with Gasteiger partial charge in [-0.1, -0.05) is 23.7 Å². The molecular formula is C22H28Cl2N6O. The number of hydrogen-bond acceptors (Lipinski definition) is 6. The molecule has 2 fully saturated rings. The summed E-state index contributed by atoms with van der Waals surface area (Å²) < 4.78 is 7.91. The molecule has 0 bridgehead atoms. The number of rotatable bonds is 3. The normalized spacial score (nSPS) is 18.4. The van der Waals surface area contributed by atoms with Crippen LogP contribution >= 0.6 is 24.0 Å². The molecule has 0 amide bonds. The maximum absolute atomic E-state index is 6.60. The van der Waals surface area contributed by atoms with Crippen molar-refractivity contribution >= 4 is 41.0 Å². The van der Waals surface area contributed by atoms with Gasteiger partial charge >= 0.3 is 0 Å². The highest BCUT2D eigenvalue weighted by molar-refractivity contribution is 6.33. The molecule has 0 aliphatic carbocycles. The van der Waals surface area contributed by atoms with Gasteiger partial charge in [-0.15, -0.1) is 12.4 Å². The van der Waals surface area contributed by atoms with E-state index in [1.54, 1.807) is 0 Å². The molecule has 0 saturated carbocycles. The van der Waals surface area contributed by atoms with Crippen LogP contribution in [0.15, 0.2) is 24.3 Å². The maximum Gasteiger partial charge on any atom is 0.166 e. The van der Waals surface area contributed by atoms with Gasteiger partial charge < -0.3 is 19.1 Å². The lowest BCUT2D eigenvalue weighted by molar-refractivity contribution is 0.0708. The van der Waals surface area contributed by atoms with Crippen LogP contribution in [-0.4, -0.2) is 70.9 Å². The number of anilines is 1. The second-order valence-corrected chi connectivity index (χ2v) is 8.59. The highest BCUT2D eigenvalue weighted by Gasteiger charge is 2.28. The molecule has 3 aromatic rings. The van der Waals surface area contributed by atoms with E-state index in [1.807, 2.05) is 31.2 Å². The number of benzene rings is 1. The van der Waals surface area contributed by atoms with Crippen molar-refractivity contribution in [2.75, 3.05) is 51.3 Å². The van der Waals surface area contributed by atoms with E-state index >= 15 is 0 Å². The number of aromatic nitrogens is 4. The van der Waals surface area contributed by atoms with Crippen molar-refractivity contribution in [2.45, 2.75) is 25.8 Å². The van der Waals surface area contributed by atoms with Gasteiger partial charge in [0.2, 0.25) is 0 Å². The lowest BCUT2D eigenvalue weighted by atomic mass is 10.1. The zero-order valence-electron chi connectivity index (χ0n) is 17.9. The lowest BCUT2D eigenvalue weighted by Crippen LogP contribution is -2.45. The molecule has 0 spiro atoms. The molecule has 2 aliphatic rings. The Hall–Kier alpha value is -1.93. The van der Waals surface area contributed by atoms with Gasteiger partial charge in [-0.25, -0.2) is 15.0 Å². The standard InChI is InChI=1S/C22H27ClN6O.ClH/c1-15-24-21(28-11-9-27(2)10-12-28)19-22(25-15)29(16-7-13-30-14-8-16)20(26-19)17-5-3-4-6-18(17)23;/h3-6,16H,7-14H2,1-2H3;1H. The maximum atomic E-state index is 6.60. The van der Waals surface area contributed by atoms with E-state index in [9.17, 15) is 0 Å². The molecule has 2 aromatic heterocycles. The molecule has 2 aliphatic heterocycles. The van der Waals surface area contributed by atoms with Crippen LogP contribution in [0.1, 0.15) is 24.7 Å². The monoisotopic (exact) mass is 462 g/mol. The number of halogens is 2. The van der Waals surface area contributed by atoms with Crippen LogP contribution in [0.2, 0.25) is 5.02 Å². The molecule has 0 radical (unpaired) electrons. The third-order valence-corrected chi connectivity index (χ3v) is 6.44. The fraction of sp³-hybridized carbons (Fsp3) is 0.500. The Balaban J connectivity index is 0.00000231. The summed E-state index contributed by atoms with van der Waals surface area (Å²) in [6.07, 6.45) is 1.88. The largest absolute Gasteiger partial charge is 0.381 e. The van der Waals surface area contributed by atoms with Crippen molar-refractivity contribution in [1.82, 2.24) is 24.4 Å². The summed E-state index contributed by atoms with van der Waals surface area (Å²) in [4.78, 5) is 19.5. The second kappa shape index (κ2) is 9.28. The van der Waals surface area contributed by atoms with Crippen molar-refractivity contribution in [3.8, 4) is 11.4 Å². The quantitative estimate of drug-likeness (QED) is 0.586. The number of ether oxygens (including phenoxy) is 1. The van der Waals surface area contributed by atoms with Crippen molar-refractivity contribution in [2.24, 2.45) is 0 Å². The van der Waals surface area contributed by atoms with E-state index in [-0.39, 0.29) is 18.4 Å². The lowest BCUT2D eigenvalue weighted by Gasteiger charge is -2.33. The van der Waals surface area contributed by atoms with Crippen LogP contribution in [0.25, 0.3) is 22.6 Å². The van der Waals surface area contributed by atoms with Crippen LogP contribution in [-0.2, 0) is 4.74 Å². The summed E-state index contributed by atoms with van der Waals surface area (Å²) in [6, 6.07) is 8.20. The van der Waals surface area contributed by atoms with E-state index in [0.717, 1.165) is 86.4 Å². The Kier molecular flexibility index (Phi) is 6.67. The molecule has 4 heterocycles. The van der Waals surface area contributed by atoms with Gasteiger partial charge in [0.1, 0.15) is 11.6 Å². The molecule has 31 heavy (non-hydrogen) atoms. The van der Waals surface area contributed by atoms with Crippen LogP contribution in [0.4, 0.5) is 5.82 Å². The minimum atomic E-state index is 0. The van der Waals surface area contributed by atoms with Gasteiger partial charge in [0.05, 0.1) is 5.02 Å². The van der Waals surface area contributed by atoms with Gasteiger partial charge in [-0.3, -0.25) is 0 Å². The number of fused-ring (bicyclic) bond motifs is 1. The van der Waals surface area contributed by atoms with Gasteiger partial charge in [-0.05, 0) is 38.9 Å². The van der Waals surface area contributed by atoms with Gasteiger partial charge in [-0.2, -0.15) is 0 Å². The topological polar surface area (TPSA) is 59.3 Å². The molecule has 1 aromatic carbocycles. The smallest absolute Gasteiger partial charge is 0.166 e. The van der Waals surface area contributed by atoms with Gasteiger partial charge in [0, 0.05) is 51.0 Å². The average Bonchev–Trinajstić information content (AvgIpc) is 3.13. The summed E-state index contributed by atoms with van der Waals surface area (Å²) in [7, 11) is 2.16. The van der Waals surface area contributed by atoms with Crippen LogP contribution in [0.5, 0.6) is 0 Å². The van der Waals surface area contributed by atoms with Gasteiger partial charge in [0.25, 0.3) is 0 Å². The predicted octanol–water partition coefficient (Wildman–Crippen LogP) is 3.98. The van der Waals surface area contributed by atoms with Crippen molar-refractivity contribution in [1.29, 1.82) is 0 Å². The molecule has 166 valence electrons. The molecule has 2 saturated heterocycles. The zero-order valence-corrected chi connectivity index (χ0v) is 19.5. The van der Waals surface area contributed by atoms with E-state index in [1.165, 1.54) is 0 Å². The van der Waals surface area contributed by atoms with E-state index in [4.69, 9.17) is 31.3 Å². The first-order valence-electron chi connectivity index (χ1n) is 10.6. The van der Waals surface area contributed by atoms with Gasteiger partial charge in [0.15, 0.2) is 17.0 Å². The Morgan fingerprint density at radius 3 is 2.42 bits per heavy atom. The Bertz CT molecular complexity index is 1060. The number of imidazole rings is 1. The highest BCUT2D eigenvalue weighted by atomic mass is 35.5. The number of nitrogens with zero attached hydrogens (tertiary/aromatic N) is 6. The first kappa shape index (κ1) is 22.3. The Morgan fingerprint density at radius 2 is 1.71 bits per heavy atom. The fourth-order valence-electron chi connectivity index (χ4n) is 4.43. The Labute approximate surface area is 193 Å². The van der Waals surface area contributed by atoms with Crippen molar-refractivity contribution in [3.63, 3.8) is 0 Å². The minimum absolute atomic E-state index is 0. The average molecular weight is 463 g/mol. The second-order valence-electron chi connectivity index (χ2n) is 8.19. The molecular weight excluding hydrogens is 435 g/mol. The highest BCUT2D eigenvalue weighted by Crippen LogP contribution is 2.37. The van der Waals surface area contributed by atoms with Crippen LogP contribution < -0.4 is 4.90 Å². The fourth-order valence-corrected chi connectivity index (χ4v) is 4.65. The first-order chi connectivity index (χ1) is 14.6. The third kappa shape index (κ3) is 4.24. The van der Waals surface area contributed by atoms with Crippen molar-refractivity contribution < 1.29 is 4.74 Å². The zero-order chi connectivity index (χ0) is 20.7. The summed E-state index contributed by atoms with van der Waals surface area (Å²) in [6.45, 7) is 7.38. The molecule has 0 atom stereocenters. The van der Waals surface area contributed by atoms with Crippen LogP contribution in [0.3, 0.4) is 0 Å². The van der Waals surface area contributed by atoms with Crippen molar-refractivity contribution in [3.05, 3.63) is 35.1 Å². The van der Waals surface area contributed by atoms with Crippen LogP contribution in [0, 0.1) is 6.92 Å². The molecule has 9 heteroatoms. The third-order valence-electron chi connectivity index (χ3n) is 6.11. The van der Waals surface area contributed by atoms with E-state index in [0.29, 0.717) is 5.02 Å². The summed E-state index contributed by atoms with van der Waals surface area (Å²) >= 11 is 6.60. The first-order valence-corrected chi connectivity index (χ1v) is 11.0. The SMILES string of the molecule is Cc1nc(N2CCN(C)CC2)c2nc(-c3ccccc3Cl)n(C3CCOCC3)c2n1.Cl. The molecule has 0 N–H and O–H groups in total. The summed E-state index contributed by atoms with van der Waals surface area (Å²) in [5, 5.41) is 0.701. The predicted molar refractivity (Wildman–Crippen MR) is 127 cm³/mol. The number of hydrogen-bond donors (Lipinski definition) is 0. The number of likely N-dealkylation sites (N-methyl/N-ethyl adjacent to an activating group) is 1. The number of aryl methyl sites for hydroxylation is 1. The number of piperazine rings is 1.